The molecule has 2 aromatic rings. The van der Waals surface area contributed by atoms with Crippen LogP contribution in [0.2, 0.25) is 0 Å². The van der Waals surface area contributed by atoms with Gasteiger partial charge in [-0.3, -0.25) is 9.89 Å². The largest absolute Gasteiger partial charge is 0.355 e. The van der Waals surface area contributed by atoms with E-state index in [1.54, 1.807) is 19.2 Å². The second kappa shape index (κ2) is 10.6. The molecule has 1 heterocycles. The van der Waals surface area contributed by atoms with Crippen molar-refractivity contribution in [2.45, 2.75) is 36.9 Å². The van der Waals surface area contributed by atoms with Gasteiger partial charge in [-0.15, -0.1) is 0 Å². The van der Waals surface area contributed by atoms with Crippen LogP contribution >= 0.6 is 0 Å². The standard InChI is InChI=1S/C22H31N5O2S/c1-23-22(25-15-18-10-12-21(13-11-18)30(28,29)24-2)26-16-20-9-6-14-27(20)17-19-7-4-3-5-8-19/h3-5,7-8,10-13,20,24H,6,9,14-17H2,1-2H3,(H2,23,25,26). The molecule has 0 aliphatic carbocycles. The molecule has 7 nitrogen and oxygen atoms in total. The summed E-state index contributed by atoms with van der Waals surface area (Å²) in [6.45, 7) is 3.50. The molecule has 1 fully saturated rings. The predicted molar refractivity (Wildman–Crippen MR) is 121 cm³/mol. The number of rotatable bonds is 8. The van der Waals surface area contributed by atoms with E-state index in [4.69, 9.17) is 0 Å². The molecule has 0 aromatic heterocycles. The highest BCUT2D eigenvalue weighted by Crippen LogP contribution is 2.19. The first kappa shape index (κ1) is 22.3. The Bertz CT molecular complexity index is 930. The van der Waals surface area contributed by atoms with E-state index in [1.165, 1.54) is 25.5 Å². The van der Waals surface area contributed by atoms with E-state index in [1.807, 2.05) is 12.1 Å². The molecule has 1 atom stereocenters. The van der Waals surface area contributed by atoms with Crippen molar-refractivity contribution in [1.29, 1.82) is 0 Å². The van der Waals surface area contributed by atoms with Crippen LogP contribution in [0, 0.1) is 0 Å². The predicted octanol–water partition coefficient (Wildman–Crippen LogP) is 1.92. The van der Waals surface area contributed by atoms with Gasteiger partial charge in [0, 0.05) is 32.7 Å². The molecule has 1 unspecified atom stereocenters. The molecule has 8 heteroatoms. The number of nitrogens with zero attached hydrogens (tertiary/aromatic N) is 2. The Kier molecular flexibility index (Phi) is 7.84. The number of likely N-dealkylation sites (tertiary alicyclic amines) is 1. The molecule has 3 N–H and O–H groups in total. The van der Waals surface area contributed by atoms with Crippen LogP contribution in [0.1, 0.15) is 24.0 Å². The van der Waals surface area contributed by atoms with Crippen molar-refractivity contribution in [3.8, 4) is 0 Å². The van der Waals surface area contributed by atoms with Gasteiger partial charge in [0.25, 0.3) is 0 Å². The quantitative estimate of drug-likeness (QED) is 0.441. The monoisotopic (exact) mass is 429 g/mol. The van der Waals surface area contributed by atoms with Crippen molar-refractivity contribution in [2.75, 3.05) is 27.2 Å². The Morgan fingerprint density at radius 1 is 1.07 bits per heavy atom. The van der Waals surface area contributed by atoms with Gasteiger partial charge >= 0.3 is 0 Å². The molecule has 1 aliphatic rings. The van der Waals surface area contributed by atoms with Crippen molar-refractivity contribution in [3.05, 3.63) is 65.7 Å². The van der Waals surface area contributed by atoms with Crippen LogP contribution in [0.4, 0.5) is 0 Å². The molecule has 1 aliphatic heterocycles. The molecule has 0 bridgehead atoms. The van der Waals surface area contributed by atoms with Crippen LogP contribution in [-0.4, -0.2) is 52.5 Å². The fourth-order valence-corrected chi connectivity index (χ4v) is 4.41. The topological polar surface area (TPSA) is 85.8 Å². The number of hydrogen-bond acceptors (Lipinski definition) is 4. The van der Waals surface area contributed by atoms with Crippen molar-refractivity contribution in [3.63, 3.8) is 0 Å². The highest BCUT2D eigenvalue weighted by molar-refractivity contribution is 7.89. The Morgan fingerprint density at radius 2 is 1.80 bits per heavy atom. The Balaban J connectivity index is 1.49. The van der Waals surface area contributed by atoms with Crippen LogP contribution in [0.3, 0.4) is 0 Å². The van der Waals surface area contributed by atoms with Crippen LogP contribution in [0.15, 0.2) is 64.5 Å². The lowest BCUT2D eigenvalue weighted by Gasteiger charge is -2.25. The maximum atomic E-state index is 11.8. The number of sulfonamides is 1. The Labute approximate surface area is 179 Å². The number of hydrogen-bond donors (Lipinski definition) is 3. The summed E-state index contributed by atoms with van der Waals surface area (Å²) in [6, 6.07) is 17.9. The molecule has 0 saturated carbocycles. The van der Waals surface area contributed by atoms with Gasteiger partial charge in [0.1, 0.15) is 0 Å². The minimum absolute atomic E-state index is 0.260. The maximum absolute atomic E-state index is 11.8. The lowest BCUT2D eigenvalue weighted by Crippen LogP contribution is -2.44. The van der Waals surface area contributed by atoms with Crippen molar-refractivity contribution in [2.24, 2.45) is 4.99 Å². The highest BCUT2D eigenvalue weighted by atomic mass is 32.2. The molecule has 30 heavy (non-hydrogen) atoms. The van der Waals surface area contributed by atoms with E-state index >= 15 is 0 Å². The molecule has 2 aromatic carbocycles. The summed E-state index contributed by atoms with van der Waals surface area (Å²) < 4.78 is 26.0. The third-order valence-electron chi connectivity index (χ3n) is 5.42. The number of guanidine groups is 1. The second-order valence-electron chi connectivity index (χ2n) is 7.41. The summed E-state index contributed by atoms with van der Waals surface area (Å²) in [5.41, 5.74) is 2.33. The average Bonchev–Trinajstić information content (AvgIpc) is 3.21. The van der Waals surface area contributed by atoms with Crippen molar-refractivity contribution >= 4 is 16.0 Å². The Hall–Kier alpha value is -2.42. The average molecular weight is 430 g/mol. The molecule has 0 amide bonds. The number of aliphatic imine (C=N–C) groups is 1. The number of benzene rings is 2. The Morgan fingerprint density at radius 3 is 2.47 bits per heavy atom. The summed E-state index contributed by atoms with van der Waals surface area (Å²) >= 11 is 0. The molecule has 3 rings (SSSR count). The first-order valence-electron chi connectivity index (χ1n) is 10.3. The minimum Gasteiger partial charge on any atom is -0.355 e. The summed E-state index contributed by atoms with van der Waals surface area (Å²) in [5.74, 6) is 0.744. The van der Waals surface area contributed by atoms with E-state index in [0.29, 0.717) is 12.6 Å². The third-order valence-corrected chi connectivity index (χ3v) is 6.85. The van der Waals surface area contributed by atoms with Gasteiger partial charge in [0.15, 0.2) is 5.96 Å². The van der Waals surface area contributed by atoms with Crippen molar-refractivity contribution in [1.82, 2.24) is 20.3 Å². The first-order chi connectivity index (χ1) is 14.5. The molecule has 1 saturated heterocycles. The third kappa shape index (κ3) is 6.04. The SMILES string of the molecule is CN=C(NCc1ccc(S(=O)(=O)NC)cc1)NCC1CCCN1Cc1ccccc1. The first-order valence-corrected chi connectivity index (χ1v) is 11.7. The van der Waals surface area contributed by atoms with E-state index in [0.717, 1.165) is 31.2 Å². The molecule has 162 valence electrons. The molecule has 0 spiro atoms. The van der Waals surface area contributed by atoms with Crippen LogP contribution in [-0.2, 0) is 23.1 Å². The van der Waals surface area contributed by atoms with E-state index in [9.17, 15) is 8.42 Å². The van der Waals surface area contributed by atoms with Crippen LogP contribution in [0.5, 0.6) is 0 Å². The minimum atomic E-state index is -3.41. The molecule has 0 radical (unpaired) electrons. The van der Waals surface area contributed by atoms with Crippen LogP contribution < -0.4 is 15.4 Å². The fourth-order valence-electron chi connectivity index (χ4n) is 3.68. The van der Waals surface area contributed by atoms with Gasteiger partial charge < -0.3 is 10.6 Å². The number of nitrogens with one attached hydrogen (secondary N) is 3. The molecular weight excluding hydrogens is 398 g/mol. The van der Waals surface area contributed by atoms with Crippen molar-refractivity contribution < 1.29 is 8.42 Å². The summed E-state index contributed by atoms with van der Waals surface area (Å²) in [4.78, 5) is 7.10. The highest BCUT2D eigenvalue weighted by Gasteiger charge is 2.24. The van der Waals surface area contributed by atoms with Gasteiger partial charge in [-0.25, -0.2) is 13.1 Å². The summed E-state index contributed by atoms with van der Waals surface area (Å²) in [5, 5.41) is 6.74. The lowest BCUT2D eigenvalue weighted by atomic mass is 10.2. The van der Waals surface area contributed by atoms with Gasteiger partial charge in [-0.05, 0) is 49.7 Å². The zero-order chi connectivity index (χ0) is 21.4. The zero-order valence-electron chi connectivity index (χ0n) is 17.6. The van der Waals surface area contributed by atoms with Gasteiger partial charge in [0.2, 0.25) is 10.0 Å². The summed E-state index contributed by atoms with van der Waals surface area (Å²) in [6.07, 6.45) is 2.39. The normalized spacial score (nSPS) is 17.8. The summed E-state index contributed by atoms with van der Waals surface area (Å²) in [7, 11) is -0.241. The van der Waals surface area contributed by atoms with Gasteiger partial charge in [-0.2, -0.15) is 0 Å². The van der Waals surface area contributed by atoms with E-state index in [2.05, 4.69) is 55.6 Å². The van der Waals surface area contributed by atoms with Crippen LogP contribution in [0.25, 0.3) is 0 Å². The maximum Gasteiger partial charge on any atom is 0.240 e. The smallest absolute Gasteiger partial charge is 0.240 e. The van der Waals surface area contributed by atoms with E-state index in [-0.39, 0.29) is 4.90 Å². The second-order valence-corrected chi connectivity index (χ2v) is 9.30. The van der Waals surface area contributed by atoms with E-state index < -0.39 is 10.0 Å². The fraction of sp³-hybridized carbons (Fsp3) is 0.409. The zero-order valence-corrected chi connectivity index (χ0v) is 18.5. The van der Waals surface area contributed by atoms with Gasteiger partial charge in [0.05, 0.1) is 4.90 Å². The van der Waals surface area contributed by atoms with Gasteiger partial charge in [-0.1, -0.05) is 42.5 Å². The molecular formula is C22H31N5O2S. The lowest BCUT2D eigenvalue weighted by molar-refractivity contribution is 0.245.